The second-order valence-corrected chi connectivity index (χ2v) is 7.51. The summed E-state index contributed by atoms with van der Waals surface area (Å²) in [5.74, 6) is -0.244. The first kappa shape index (κ1) is 19.1. The fourth-order valence-corrected chi connectivity index (χ4v) is 3.68. The fraction of sp³-hybridized carbons (Fsp3) is 0.350. The molecule has 0 amide bonds. The number of hydrogen-bond acceptors (Lipinski definition) is 2. The standard InChI is InChI=1S/C20H23ClFN3S/c1-14-6-7-19(15(2)12-14)23-20(26)25-10-8-24(9-11-25)13-16-17(21)4-3-5-18(16)22/h3-7,12H,8-11,13H2,1-2H3,(H,23,26). The molecular weight excluding hydrogens is 369 g/mol. The van der Waals surface area contributed by atoms with Crippen LogP contribution in [0.2, 0.25) is 5.02 Å². The number of rotatable bonds is 3. The van der Waals surface area contributed by atoms with Gasteiger partial charge in [-0.25, -0.2) is 4.39 Å². The third-order valence-corrected chi connectivity index (χ3v) is 5.44. The van der Waals surface area contributed by atoms with Crippen molar-refractivity contribution in [2.75, 3.05) is 31.5 Å². The molecule has 0 bridgehead atoms. The van der Waals surface area contributed by atoms with Crippen molar-refractivity contribution in [3.05, 3.63) is 63.9 Å². The maximum absolute atomic E-state index is 14.0. The van der Waals surface area contributed by atoms with Gasteiger partial charge in [0, 0.05) is 49.0 Å². The molecule has 138 valence electrons. The van der Waals surface area contributed by atoms with Crippen molar-refractivity contribution in [1.82, 2.24) is 9.80 Å². The molecule has 3 nitrogen and oxygen atoms in total. The first-order valence-corrected chi connectivity index (χ1v) is 9.51. The van der Waals surface area contributed by atoms with Gasteiger partial charge in [-0.3, -0.25) is 4.90 Å². The summed E-state index contributed by atoms with van der Waals surface area (Å²) in [6.07, 6.45) is 0. The Morgan fingerprint density at radius 1 is 1.15 bits per heavy atom. The monoisotopic (exact) mass is 391 g/mol. The first-order chi connectivity index (χ1) is 12.4. The molecule has 6 heteroatoms. The van der Waals surface area contributed by atoms with Gasteiger partial charge in [-0.05, 0) is 49.8 Å². The quantitative estimate of drug-likeness (QED) is 0.770. The van der Waals surface area contributed by atoms with Crippen LogP contribution in [0.25, 0.3) is 0 Å². The summed E-state index contributed by atoms with van der Waals surface area (Å²) in [5.41, 5.74) is 4.03. The number of nitrogens with zero attached hydrogens (tertiary/aromatic N) is 2. The minimum absolute atomic E-state index is 0.244. The minimum Gasteiger partial charge on any atom is -0.346 e. The molecule has 0 unspecified atom stereocenters. The number of benzene rings is 2. The van der Waals surface area contributed by atoms with Gasteiger partial charge in [-0.1, -0.05) is 35.4 Å². The summed E-state index contributed by atoms with van der Waals surface area (Å²) in [5, 5.41) is 4.57. The highest BCUT2D eigenvalue weighted by Gasteiger charge is 2.21. The Morgan fingerprint density at radius 2 is 1.88 bits per heavy atom. The Labute approximate surface area is 164 Å². The molecule has 3 rings (SSSR count). The van der Waals surface area contributed by atoms with Gasteiger partial charge in [0.15, 0.2) is 5.11 Å². The molecule has 1 saturated heterocycles. The van der Waals surface area contributed by atoms with Crippen LogP contribution in [0.3, 0.4) is 0 Å². The van der Waals surface area contributed by atoms with Gasteiger partial charge in [-0.2, -0.15) is 0 Å². The van der Waals surface area contributed by atoms with Crippen molar-refractivity contribution in [3.8, 4) is 0 Å². The maximum atomic E-state index is 14.0. The smallest absolute Gasteiger partial charge is 0.173 e. The number of nitrogens with one attached hydrogen (secondary N) is 1. The van der Waals surface area contributed by atoms with Crippen LogP contribution in [0.4, 0.5) is 10.1 Å². The molecule has 0 saturated carbocycles. The summed E-state index contributed by atoms with van der Waals surface area (Å²) < 4.78 is 14.0. The minimum atomic E-state index is -0.244. The third-order valence-electron chi connectivity index (χ3n) is 4.73. The largest absolute Gasteiger partial charge is 0.346 e. The molecule has 2 aromatic carbocycles. The van der Waals surface area contributed by atoms with E-state index in [1.165, 1.54) is 17.2 Å². The number of anilines is 1. The summed E-state index contributed by atoms with van der Waals surface area (Å²) in [6, 6.07) is 11.1. The van der Waals surface area contributed by atoms with Crippen molar-refractivity contribution in [2.45, 2.75) is 20.4 Å². The number of hydrogen-bond donors (Lipinski definition) is 1. The fourth-order valence-electron chi connectivity index (χ4n) is 3.16. The van der Waals surface area contributed by atoms with Crippen molar-refractivity contribution < 1.29 is 4.39 Å². The summed E-state index contributed by atoms with van der Waals surface area (Å²) in [7, 11) is 0. The van der Waals surface area contributed by atoms with Gasteiger partial charge in [0.2, 0.25) is 0 Å². The molecule has 26 heavy (non-hydrogen) atoms. The summed E-state index contributed by atoms with van der Waals surface area (Å²) >= 11 is 11.7. The molecule has 0 aliphatic carbocycles. The van der Waals surface area contributed by atoms with E-state index in [-0.39, 0.29) is 5.82 Å². The van der Waals surface area contributed by atoms with Gasteiger partial charge in [-0.15, -0.1) is 0 Å². The van der Waals surface area contributed by atoms with E-state index in [1.807, 2.05) is 0 Å². The summed E-state index contributed by atoms with van der Waals surface area (Å²) in [4.78, 5) is 4.37. The Morgan fingerprint density at radius 3 is 2.54 bits per heavy atom. The van der Waals surface area contributed by atoms with Crippen LogP contribution < -0.4 is 5.32 Å². The average molecular weight is 392 g/mol. The van der Waals surface area contributed by atoms with Gasteiger partial charge in [0.25, 0.3) is 0 Å². The first-order valence-electron chi connectivity index (χ1n) is 8.72. The third kappa shape index (κ3) is 4.53. The van der Waals surface area contributed by atoms with E-state index in [0.29, 0.717) is 17.1 Å². The van der Waals surface area contributed by atoms with E-state index in [2.05, 4.69) is 47.2 Å². The summed E-state index contributed by atoms with van der Waals surface area (Å²) in [6.45, 7) is 7.94. The second kappa shape index (κ2) is 8.33. The SMILES string of the molecule is Cc1ccc(NC(=S)N2CCN(Cc3c(F)cccc3Cl)CC2)c(C)c1. The van der Waals surface area contributed by atoms with Crippen LogP contribution in [0, 0.1) is 19.7 Å². The lowest BCUT2D eigenvalue weighted by Gasteiger charge is -2.36. The van der Waals surface area contributed by atoms with Gasteiger partial charge in [0.1, 0.15) is 5.82 Å². The van der Waals surface area contributed by atoms with Crippen LogP contribution in [-0.2, 0) is 6.54 Å². The molecule has 0 spiro atoms. The molecule has 1 fully saturated rings. The highest BCUT2D eigenvalue weighted by atomic mass is 35.5. The maximum Gasteiger partial charge on any atom is 0.173 e. The predicted octanol–water partition coefficient (Wildman–Crippen LogP) is 4.61. The van der Waals surface area contributed by atoms with Gasteiger partial charge < -0.3 is 10.2 Å². The van der Waals surface area contributed by atoms with Crippen molar-refractivity contribution in [3.63, 3.8) is 0 Å². The lowest BCUT2D eigenvalue weighted by atomic mass is 10.1. The Balaban J connectivity index is 1.55. The van der Waals surface area contributed by atoms with Crippen LogP contribution in [0.5, 0.6) is 0 Å². The molecule has 0 radical (unpaired) electrons. The Bertz CT molecular complexity index is 783. The highest BCUT2D eigenvalue weighted by molar-refractivity contribution is 7.80. The lowest BCUT2D eigenvalue weighted by molar-refractivity contribution is 0.175. The highest BCUT2D eigenvalue weighted by Crippen LogP contribution is 2.22. The average Bonchev–Trinajstić information content (AvgIpc) is 2.61. The molecule has 1 N–H and O–H groups in total. The Hall–Kier alpha value is -1.69. The van der Waals surface area contributed by atoms with E-state index in [4.69, 9.17) is 23.8 Å². The molecular formula is C20H23ClFN3S. The number of halogens is 2. The predicted molar refractivity (Wildman–Crippen MR) is 110 cm³/mol. The lowest BCUT2D eigenvalue weighted by Crippen LogP contribution is -2.49. The van der Waals surface area contributed by atoms with E-state index < -0.39 is 0 Å². The van der Waals surface area contributed by atoms with E-state index in [9.17, 15) is 4.39 Å². The zero-order chi connectivity index (χ0) is 18.7. The van der Waals surface area contributed by atoms with Crippen LogP contribution in [0.1, 0.15) is 16.7 Å². The normalized spacial score (nSPS) is 15.2. The van der Waals surface area contributed by atoms with E-state index >= 15 is 0 Å². The van der Waals surface area contributed by atoms with E-state index in [0.717, 1.165) is 37.0 Å². The van der Waals surface area contributed by atoms with Crippen LogP contribution >= 0.6 is 23.8 Å². The second-order valence-electron chi connectivity index (χ2n) is 6.71. The van der Waals surface area contributed by atoms with Crippen molar-refractivity contribution >= 4 is 34.6 Å². The van der Waals surface area contributed by atoms with Crippen LogP contribution in [-0.4, -0.2) is 41.1 Å². The van der Waals surface area contributed by atoms with E-state index in [1.54, 1.807) is 12.1 Å². The number of thiocarbonyl (C=S) groups is 1. The molecule has 1 aliphatic heterocycles. The number of piperazine rings is 1. The Kier molecular flexibility index (Phi) is 6.12. The van der Waals surface area contributed by atoms with Crippen LogP contribution in [0.15, 0.2) is 36.4 Å². The molecule has 2 aromatic rings. The van der Waals surface area contributed by atoms with Gasteiger partial charge in [0.05, 0.1) is 0 Å². The van der Waals surface area contributed by atoms with Crippen molar-refractivity contribution in [2.24, 2.45) is 0 Å². The zero-order valence-corrected chi connectivity index (χ0v) is 16.6. The van der Waals surface area contributed by atoms with Gasteiger partial charge >= 0.3 is 0 Å². The molecule has 0 aromatic heterocycles. The zero-order valence-electron chi connectivity index (χ0n) is 15.1. The molecule has 1 aliphatic rings. The number of aryl methyl sites for hydroxylation is 2. The molecule has 1 heterocycles. The van der Waals surface area contributed by atoms with Crippen molar-refractivity contribution in [1.29, 1.82) is 0 Å². The topological polar surface area (TPSA) is 18.5 Å². The molecule has 0 atom stereocenters.